The lowest BCUT2D eigenvalue weighted by molar-refractivity contribution is 0.301. The van der Waals surface area contributed by atoms with E-state index in [1.165, 1.54) is 5.56 Å². The molecule has 0 unspecified atom stereocenters. The predicted molar refractivity (Wildman–Crippen MR) is 111 cm³/mol. The second kappa shape index (κ2) is 9.50. The van der Waals surface area contributed by atoms with Crippen LogP contribution in [0.2, 0.25) is 0 Å². The van der Waals surface area contributed by atoms with Crippen molar-refractivity contribution in [2.75, 3.05) is 0 Å². The number of hydrogen-bond acceptors (Lipinski definition) is 5. The number of aromatic nitrogens is 4. The number of ether oxygens (including phenoxy) is 1. The average molecular weight is 386 g/mol. The van der Waals surface area contributed by atoms with E-state index in [2.05, 4.69) is 27.3 Å². The van der Waals surface area contributed by atoms with Gasteiger partial charge in [-0.05, 0) is 42.2 Å². The van der Waals surface area contributed by atoms with Gasteiger partial charge in [-0.2, -0.15) is 15.0 Å². The third-order valence-corrected chi connectivity index (χ3v) is 4.39. The number of aryl methyl sites for hydroxylation is 2. The van der Waals surface area contributed by atoms with Crippen LogP contribution < -0.4 is 4.74 Å². The summed E-state index contributed by atoms with van der Waals surface area (Å²) in [6.45, 7) is 1.19. The van der Waals surface area contributed by atoms with Crippen molar-refractivity contribution in [2.45, 2.75) is 26.0 Å². The van der Waals surface area contributed by atoms with Gasteiger partial charge in [0.1, 0.15) is 24.3 Å². The van der Waals surface area contributed by atoms with Crippen LogP contribution in [0.3, 0.4) is 0 Å². The van der Waals surface area contributed by atoms with E-state index in [1.54, 1.807) is 23.5 Å². The Hall–Kier alpha value is -3.67. The van der Waals surface area contributed by atoms with E-state index in [4.69, 9.17) is 9.15 Å². The van der Waals surface area contributed by atoms with Crippen molar-refractivity contribution in [2.24, 2.45) is 0 Å². The van der Waals surface area contributed by atoms with Crippen molar-refractivity contribution >= 4 is 12.2 Å². The standard InChI is InChI=1S/C23H22N4O2/c1-2-5-19(6-3-1)10-13-23-26-21(18-29-23)17-28-22-11-8-20(9-12-22)7-4-16-27-24-14-15-25-27/h1-3,5-6,8-15,18H,4,7,16-17H2. The first-order valence-electron chi connectivity index (χ1n) is 9.58. The Kier molecular flexibility index (Phi) is 6.12. The zero-order valence-electron chi connectivity index (χ0n) is 16.0. The minimum absolute atomic E-state index is 0.368. The molecule has 0 saturated heterocycles. The van der Waals surface area contributed by atoms with Crippen LogP contribution >= 0.6 is 0 Å². The normalized spacial score (nSPS) is 11.2. The van der Waals surface area contributed by atoms with Crippen LogP contribution in [0.4, 0.5) is 0 Å². The maximum Gasteiger partial charge on any atom is 0.218 e. The first kappa shape index (κ1) is 18.7. The number of rotatable bonds is 9. The summed E-state index contributed by atoms with van der Waals surface area (Å²) in [5.41, 5.74) is 3.12. The molecule has 0 aliphatic heterocycles. The lowest BCUT2D eigenvalue weighted by atomic mass is 10.1. The van der Waals surface area contributed by atoms with Gasteiger partial charge in [0.25, 0.3) is 0 Å². The van der Waals surface area contributed by atoms with E-state index in [9.17, 15) is 0 Å². The molecule has 4 rings (SSSR count). The van der Waals surface area contributed by atoms with Crippen LogP contribution in [0.5, 0.6) is 5.75 Å². The van der Waals surface area contributed by atoms with E-state index >= 15 is 0 Å². The Labute approximate surface area is 169 Å². The smallest absolute Gasteiger partial charge is 0.218 e. The second-order valence-corrected chi connectivity index (χ2v) is 6.58. The molecule has 6 heteroatoms. The number of oxazole rings is 1. The van der Waals surface area contributed by atoms with Crippen molar-refractivity contribution in [3.63, 3.8) is 0 Å². The molecule has 0 radical (unpaired) electrons. The highest BCUT2D eigenvalue weighted by molar-refractivity contribution is 5.65. The molecule has 0 N–H and O–H groups in total. The minimum atomic E-state index is 0.368. The molecule has 0 bridgehead atoms. The van der Waals surface area contributed by atoms with Crippen LogP contribution in [-0.4, -0.2) is 20.0 Å². The SMILES string of the molecule is C(=Cc1nc(COc2ccc(CCCn3nccn3)cc2)co1)c1ccccc1. The van der Waals surface area contributed by atoms with Gasteiger partial charge in [-0.15, -0.1) is 0 Å². The predicted octanol–water partition coefficient (Wildman–Crippen LogP) is 4.65. The van der Waals surface area contributed by atoms with Gasteiger partial charge in [0.15, 0.2) is 0 Å². The summed E-state index contributed by atoms with van der Waals surface area (Å²) >= 11 is 0. The molecule has 146 valence electrons. The van der Waals surface area contributed by atoms with Gasteiger partial charge in [-0.1, -0.05) is 42.5 Å². The quantitative estimate of drug-likeness (QED) is 0.419. The average Bonchev–Trinajstić information content (AvgIpc) is 3.45. The van der Waals surface area contributed by atoms with Crippen molar-refractivity contribution in [3.05, 3.63) is 96.0 Å². The second-order valence-electron chi connectivity index (χ2n) is 6.58. The molecule has 0 atom stereocenters. The molecule has 0 fully saturated rings. The molecule has 0 aliphatic rings. The summed E-state index contributed by atoms with van der Waals surface area (Å²) < 4.78 is 11.3. The van der Waals surface area contributed by atoms with E-state index in [-0.39, 0.29) is 0 Å². The molecule has 0 spiro atoms. The molecule has 2 aromatic heterocycles. The molecule has 29 heavy (non-hydrogen) atoms. The Bertz CT molecular complexity index is 1020. The summed E-state index contributed by atoms with van der Waals surface area (Å²) in [4.78, 5) is 6.14. The monoisotopic (exact) mass is 386 g/mol. The highest BCUT2D eigenvalue weighted by Gasteiger charge is 2.03. The zero-order chi connectivity index (χ0) is 19.7. The lowest BCUT2D eigenvalue weighted by Crippen LogP contribution is -2.03. The Morgan fingerprint density at radius 2 is 1.72 bits per heavy atom. The maximum atomic E-state index is 5.82. The maximum absolute atomic E-state index is 5.82. The third-order valence-electron chi connectivity index (χ3n) is 4.39. The van der Waals surface area contributed by atoms with E-state index < -0.39 is 0 Å². The van der Waals surface area contributed by atoms with Crippen molar-refractivity contribution in [1.82, 2.24) is 20.0 Å². The molecule has 4 aromatic rings. The summed E-state index contributed by atoms with van der Waals surface area (Å²) in [7, 11) is 0. The summed E-state index contributed by atoms with van der Waals surface area (Å²) in [5.74, 6) is 1.38. The van der Waals surface area contributed by atoms with E-state index in [0.29, 0.717) is 12.5 Å². The van der Waals surface area contributed by atoms with Crippen LogP contribution in [0, 0.1) is 0 Å². The van der Waals surface area contributed by atoms with Gasteiger partial charge >= 0.3 is 0 Å². The number of hydrogen-bond donors (Lipinski definition) is 0. The fraction of sp³-hybridized carbons (Fsp3) is 0.174. The third kappa shape index (κ3) is 5.65. The molecule has 0 aliphatic carbocycles. The molecule has 2 heterocycles. The minimum Gasteiger partial charge on any atom is -0.487 e. The number of benzene rings is 2. The van der Waals surface area contributed by atoms with Gasteiger partial charge < -0.3 is 9.15 Å². The summed E-state index contributed by atoms with van der Waals surface area (Å²) in [6, 6.07) is 18.2. The van der Waals surface area contributed by atoms with Crippen LogP contribution in [0.1, 0.15) is 29.1 Å². The molecule has 0 saturated carbocycles. The van der Waals surface area contributed by atoms with Gasteiger partial charge in [-0.3, -0.25) is 0 Å². The van der Waals surface area contributed by atoms with Crippen molar-refractivity contribution in [3.8, 4) is 5.75 Å². The number of nitrogens with zero attached hydrogens (tertiary/aromatic N) is 4. The Morgan fingerprint density at radius 3 is 2.52 bits per heavy atom. The highest BCUT2D eigenvalue weighted by Crippen LogP contribution is 2.16. The first-order valence-corrected chi connectivity index (χ1v) is 9.58. The van der Waals surface area contributed by atoms with E-state index in [0.717, 1.165) is 36.4 Å². The largest absolute Gasteiger partial charge is 0.487 e. The van der Waals surface area contributed by atoms with Crippen LogP contribution in [0.15, 0.2) is 77.7 Å². The molecular weight excluding hydrogens is 364 g/mol. The molecule has 2 aromatic carbocycles. The van der Waals surface area contributed by atoms with Gasteiger partial charge in [0.2, 0.25) is 5.89 Å². The fourth-order valence-electron chi connectivity index (χ4n) is 2.89. The summed E-state index contributed by atoms with van der Waals surface area (Å²) in [6.07, 6.45) is 10.8. The zero-order valence-corrected chi connectivity index (χ0v) is 16.0. The Balaban J connectivity index is 1.24. The van der Waals surface area contributed by atoms with Crippen molar-refractivity contribution < 1.29 is 9.15 Å². The topological polar surface area (TPSA) is 66.0 Å². The summed E-state index contributed by atoms with van der Waals surface area (Å²) in [5, 5.41) is 8.22. The molecule has 0 amide bonds. The lowest BCUT2D eigenvalue weighted by Gasteiger charge is -2.06. The molecule has 6 nitrogen and oxygen atoms in total. The fourth-order valence-corrected chi connectivity index (χ4v) is 2.89. The van der Waals surface area contributed by atoms with Crippen LogP contribution in [-0.2, 0) is 19.6 Å². The highest BCUT2D eigenvalue weighted by atomic mass is 16.5. The van der Waals surface area contributed by atoms with E-state index in [1.807, 2.05) is 54.6 Å². The van der Waals surface area contributed by atoms with Gasteiger partial charge in [0, 0.05) is 6.08 Å². The van der Waals surface area contributed by atoms with Crippen molar-refractivity contribution in [1.29, 1.82) is 0 Å². The van der Waals surface area contributed by atoms with Gasteiger partial charge in [0.05, 0.1) is 18.9 Å². The Morgan fingerprint density at radius 1 is 0.931 bits per heavy atom. The van der Waals surface area contributed by atoms with Crippen LogP contribution in [0.25, 0.3) is 12.2 Å². The van der Waals surface area contributed by atoms with Gasteiger partial charge in [-0.25, -0.2) is 4.98 Å². The first-order chi connectivity index (χ1) is 14.3. The molecular formula is C23H22N4O2.